The Morgan fingerprint density at radius 1 is 0.944 bits per heavy atom. The quantitative estimate of drug-likeness (QED) is 0.406. The molecular formula is C29H30N4O3. The van der Waals surface area contributed by atoms with Crippen molar-refractivity contribution in [2.75, 3.05) is 38.2 Å². The fourth-order valence-electron chi connectivity index (χ4n) is 4.75. The van der Waals surface area contributed by atoms with Gasteiger partial charge in [0, 0.05) is 55.6 Å². The highest BCUT2D eigenvalue weighted by Gasteiger charge is 2.23. The van der Waals surface area contributed by atoms with E-state index in [0.29, 0.717) is 30.9 Å². The molecule has 1 fully saturated rings. The molecule has 1 aliphatic heterocycles. The molecule has 2 heterocycles. The third-order valence-corrected chi connectivity index (χ3v) is 6.69. The predicted molar refractivity (Wildman–Crippen MR) is 143 cm³/mol. The molecule has 0 N–H and O–H groups in total. The van der Waals surface area contributed by atoms with Crippen molar-refractivity contribution in [3.05, 3.63) is 88.7 Å². The van der Waals surface area contributed by atoms with Crippen LogP contribution in [0.3, 0.4) is 0 Å². The number of piperazine rings is 1. The number of methoxy groups -OCH3 is 1. The molecule has 0 bridgehead atoms. The second-order valence-electron chi connectivity index (χ2n) is 8.96. The van der Waals surface area contributed by atoms with E-state index in [1.807, 2.05) is 59.5 Å². The molecular weight excluding hydrogens is 452 g/mol. The first kappa shape index (κ1) is 23.6. The molecule has 0 aliphatic carbocycles. The van der Waals surface area contributed by atoms with Gasteiger partial charge in [0.1, 0.15) is 11.4 Å². The minimum absolute atomic E-state index is 0.00158. The molecule has 1 saturated heterocycles. The number of benzene rings is 3. The van der Waals surface area contributed by atoms with Crippen LogP contribution in [0.1, 0.15) is 23.7 Å². The molecule has 0 saturated carbocycles. The van der Waals surface area contributed by atoms with Crippen molar-refractivity contribution in [1.82, 2.24) is 14.5 Å². The zero-order valence-electron chi connectivity index (χ0n) is 20.7. The lowest BCUT2D eigenvalue weighted by molar-refractivity contribution is 0.0747. The molecule has 3 aromatic carbocycles. The second kappa shape index (κ2) is 10.2. The van der Waals surface area contributed by atoms with Gasteiger partial charge in [0.2, 0.25) is 0 Å². The Labute approximate surface area is 210 Å². The van der Waals surface area contributed by atoms with Gasteiger partial charge >= 0.3 is 0 Å². The predicted octanol–water partition coefficient (Wildman–Crippen LogP) is 4.44. The maximum Gasteiger partial charge on any atom is 0.277 e. The van der Waals surface area contributed by atoms with Crippen LogP contribution in [0, 0.1) is 0 Å². The van der Waals surface area contributed by atoms with Gasteiger partial charge in [-0.05, 0) is 42.8 Å². The summed E-state index contributed by atoms with van der Waals surface area (Å²) in [6.45, 7) is 5.49. The van der Waals surface area contributed by atoms with Gasteiger partial charge in [0.25, 0.3) is 11.5 Å². The van der Waals surface area contributed by atoms with Crippen LogP contribution < -0.4 is 15.2 Å². The number of carbonyl (C=O) groups excluding carboxylic acids is 1. The normalized spacial score (nSPS) is 13.7. The molecule has 1 aliphatic rings. The number of amides is 1. The highest BCUT2D eigenvalue weighted by Crippen LogP contribution is 2.23. The number of ether oxygens (including phenoxy) is 1. The summed E-state index contributed by atoms with van der Waals surface area (Å²) in [6, 6.07) is 22.9. The Kier molecular flexibility index (Phi) is 6.71. The Bertz CT molecular complexity index is 1440. The molecule has 1 amide bonds. The lowest BCUT2D eigenvalue weighted by atomic mass is 10.1. The molecule has 5 rings (SSSR count). The molecule has 7 heteroatoms. The number of hydrogen-bond donors (Lipinski definition) is 0. The first-order valence-electron chi connectivity index (χ1n) is 12.4. The Morgan fingerprint density at radius 2 is 1.69 bits per heavy atom. The number of aromatic nitrogens is 2. The zero-order chi connectivity index (χ0) is 25.1. The van der Waals surface area contributed by atoms with Gasteiger partial charge in [-0.15, -0.1) is 0 Å². The molecule has 0 spiro atoms. The summed E-state index contributed by atoms with van der Waals surface area (Å²) in [4.78, 5) is 35.2. The minimum Gasteiger partial charge on any atom is -0.497 e. The van der Waals surface area contributed by atoms with Crippen LogP contribution in [0.4, 0.5) is 5.69 Å². The number of fused-ring (bicyclic) bond motifs is 1. The monoisotopic (exact) mass is 482 g/mol. The molecule has 0 unspecified atom stereocenters. The standard InChI is InChI=1S/C29H30N4O3/c1-3-15-33-26-10-5-4-9-25(26)30-27(29(33)35)21-11-13-22(14-12-21)28(34)32-18-16-31(17-19-32)23-7-6-8-24(20-23)36-2/h4-14,20H,3,15-19H2,1-2H3. The zero-order valence-corrected chi connectivity index (χ0v) is 20.7. The molecule has 1 aromatic heterocycles. The van der Waals surface area contributed by atoms with E-state index in [4.69, 9.17) is 4.74 Å². The van der Waals surface area contributed by atoms with Crippen molar-refractivity contribution in [3.63, 3.8) is 0 Å². The van der Waals surface area contributed by atoms with E-state index in [-0.39, 0.29) is 11.5 Å². The van der Waals surface area contributed by atoms with E-state index in [1.54, 1.807) is 23.8 Å². The summed E-state index contributed by atoms with van der Waals surface area (Å²) in [5.74, 6) is 0.829. The smallest absolute Gasteiger partial charge is 0.277 e. The van der Waals surface area contributed by atoms with Crippen LogP contribution in [0.5, 0.6) is 5.75 Å². The number of rotatable bonds is 6. The van der Waals surface area contributed by atoms with Crippen LogP contribution in [-0.2, 0) is 6.54 Å². The summed E-state index contributed by atoms with van der Waals surface area (Å²) in [5.41, 5.74) is 4.36. The Hall–Kier alpha value is -4.13. The van der Waals surface area contributed by atoms with Gasteiger partial charge in [-0.1, -0.05) is 37.3 Å². The van der Waals surface area contributed by atoms with Crippen LogP contribution >= 0.6 is 0 Å². The number of carbonyl (C=O) groups is 1. The average Bonchev–Trinajstić information content (AvgIpc) is 2.94. The van der Waals surface area contributed by atoms with Crippen LogP contribution in [-0.4, -0.2) is 53.6 Å². The molecule has 7 nitrogen and oxygen atoms in total. The van der Waals surface area contributed by atoms with E-state index >= 15 is 0 Å². The number of aryl methyl sites for hydroxylation is 1. The average molecular weight is 483 g/mol. The highest BCUT2D eigenvalue weighted by atomic mass is 16.5. The maximum absolute atomic E-state index is 13.2. The number of nitrogens with zero attached hydrogens (tertiary/aromatic N) is 4. The molecule has 0 radical (unpaired) electrons. The van der Waals surface area contributed by atoms with Crippen LogP contribution in [0.15, 0.2) is 77.6 Å². The lowest BCUT2D eigenvalue weighted by Crippen LogP contribution is -2.48. The third kappa shape index (κ3) is 4.56. The van der Waals surface area contributed by atoms with Crippen molar-refractivity contribution in [3.8, 4) is 17.0 Å². The van der Waals surface area contributed by atoms with Gasteiger partial charge in [-0.3, -0.25) is 9.59 Å². The number of hydrogen-bond acceptors (Lipinski definition) is 5. The van der Waals surface area contributed by atoms with Gasteiger partial charge in [-0.2, -0.15) is 0 Å². The number of anilines is 1. The molecule has 36 heavy (non-hydrogen) atoms. The summed E-state index contributed by atoms with van der Waals surface area (Å²) in [6.07, 6.45) is 0.853. The van der Waals surface area contributed by atoms with E-state index in [2.05, 4.69) is 22.9 Å². The van der Waals surface area contributed by atoms with E-state index < -0.39 is 0 Å². The van der Waals surface area contributed by atoms with E-state index in [1.165, 1.54) is 0 Å². The highest BCUT2D eigenvalue weighted by molar-refractivity contribution is 5.95. The fraction of sp³-hybridized carbons (Fsp3) is 0.276. The maximum atomic E-state index is 13.2. The summed E-state index contributed by atoms with van der Waals surface area (Å²) in [7, 11) is 1.66. The first-order valence-corrected chi connectivity index (χ1v) is 12.4. The molecule has 0 atom stereocenters. The first-order chi connectivity index (χ1) is 17.6. The van der Waals surface area contributed by atoms with Crippen molar-refractivity contribution in [2.45, 2.75) is 19.9 Å². The second-order valence-corrected chi connectivity index (χ2v) is 8.96. The lowest BCUT2D eigenvalue weighted by Gasteiger charge is -2.36. The Balaban J connectivity index is 1.33. The van der Waals surface area contributed by atoms with E-state index in [9.17, 15) is 9.59 Å². The van der Waals surface area contributed by atoms with Crippen LogP contribution in [0.2, 0.25) is 0 Å². The van der Waals surface area contributed by atoms with Gasteiger partial charge in [0.15, 0.2) is 0 Å². The molecule has 4 aromatic rings. The largest absolute Gasteiger partial charge is 0.497 e. The van der Waals surface area contributed by atoms with Crippen molar-refractivity contribution >= 4 is 22.6 Å². The van der Waals surface area contributed by atoms with E-state index in [0.717, 1.165) is 47.5 Å². The number of para-hydroxylation sites is 2. The topological polar surface area (TPSA) is 67.7 Å². The summed E-state index contributed by atoms with van der Waals surface area (Å²) in [5, 5.41) is 0. The van der Waals surface area contributed by atoms with Crippen molar-refractivity contribution in [2.24, 2.45) is 0 Å². The molecule has 184 valence electrons. The van der Waals surface area contributed by atoms with Crippen LogP contribution in [0.25, 0.3) is 22.3 Å². The van der Waals surface area contributed by atoms with Crippen molar-refractivity contribution in [1.29, 1.82) is 0 Å². The summed E-state index contributed by atoms with van der Waals surface area (Å²) >= 11 is 0. The minimum atomic E-state index is -0.108. The van der Waals surface area contributed by atoms with Crippen molar-refractivity contribution < 1.29 is 9.53 Å². The van der Waals surface area contributed by atoms with Gasteiger partial charge < -0.3 is 19.1 Å². The summed E-state index contributed by atoms with van der Waals surface area (Å²) < 4.78 is 7.13. The SMILES string of the molecule is CCCn1c(=O)c(-c2ccc(C(=O)N3CCN(c4cccc(OC)c4)CC3)cc2)nc2ccccc21. The van der Waals surface area contributed by atoms with Gasteiger partial charge in [0.05, 0.1) is 18.1 Å². The Morgan fingerprint density at radius 3 is 2.42 bits per heavy atom. The third-order valence-electron chi connectivity index (χ3n) is 6.69. The van der Waals surface area contributed by atoms with Gasteiger partial charge in [-0.25, -0.2) is 4.98 Å². The fourth-order valence-corrected chi connectivity index (χ4v) is 4.75.